The molecule has 0 radical (unpaired) electrons. The van der Waals surface area contributed by atoms with Crippen molar-refractivity contribution < 1.29 is 9.53 Å². The molecule has 0 saturated carbocycles. The monoisotopic (exact) mass is 334 g/mol. The SMILES string of the molecule is CCCCN(CCCl)c1ccc(/C=C(/C#N)C(=O)OCC)cc1. The van der Waals surface area contributed by atoms with Gasteiger partial charge in [0.25, 0.3) is 0 Å². The fourth-order valence-electron chi connectivity index (χ4n) is 2.11. The molecule has 0 aliphatic carbocycles. The number of nitrogens with zero attached hydrogens (tertiary/aromatic N) is 2. The summed E-state index contributed by atoms with van der Waals surface area (Å²) in [5, 5.41) is 9.05. The zero-order chi connectivity index (χ0) is 17.1. The largest absolute Gasteiger partial charge is 0.462 e. The van der Waals surface area contributed by atoms with Gasteiger partial charge >= 0.3 is 5.97 Å². The summed E-state index contributed by atoms with van der Waals surface area (Å²) < 4.78 is 4.85. The summed E-state index contributed by atoms with van der Waals surface area (Å²) in [6, 6.07) is 9.62. The van der Waals surface area contributed by atoms with E-state index in [9.17, 15) is 4.79 Å². The predicted octanol–water partition coefficient (Wildman–Crippen LogP) is 4.00. The van der Waals surface area contributed by atoms with Crippen LogP contribution < -0.4 is 4.90 Å². The lowest BCUT2D eigenvalue weighted by Crippen LogP contribution is -2.26. The fourth-order valence-corrected chi connectivity index (χ4v) is 2.32. The van der Waals surface area contributed by atoms with Crippen molar-refractivity contribution in [2.45, 2.75) is 26.7 Å². The molecular weight excluding hydrogens is 312 g/mol. The number of anilines is 1. The van der Waals surface area contributed by atoms with Crippen molar-refractivity contribution in [1.29, 1.82) is 5.26 Å². The van der Waals surface area contributed by atoms with Gasteiger partial charge in [-0.25, -0.2) is 4.79 Å². The number of ether oxygens (including phenoxy) is 1. The Morgan fingerprint density at radius 1 is 1.30 bits per heavy atom. The molecule has 0 bridgehead atoms. The van der Waals surface area contributed by atoms with Crippen LogP contribution in [0.1, 0.15) is 32.3 Å². The van der Waals surface area contributed by atoms with E-state index in [1.807, 2.05) is 30.3 Å². The third-order valence-corrected chi connectivity index (χ3v) is 3.49. The maximum atomic E-state index is 11.6. The zero-order valence-corrected chi connectivity index (χ0v) is 14.5. The first-order valence-corrected chi connectivity index (χ1v) is 8.39. The van der Waals surface area contributed by atoms with Crippen LogP contribution in [0.3, 0.4) is 0 Å². The van der Waals surface area contributed by atoms with Gasteiger partial charge in [-0.05, 0) is 37.1 Å². The van der Waals surface area contributed by atoms with E-state index in [0.29, 0.717) is 5.88 Å². The average Bonchev–Trinajstić information content (AvgIpc) is 2.57. The van der Waals surface area contributed by atoms with Crippen LogP contribution in [-0.2, 0) is 9.53 Å². The van der Waals surface area contributed by atoms with Crippen LogP contribution >= 0.6 is 11.6 Å². The quantitative estimate of drug-likeness (QED) is 0.296. The molecule has 1 aromatic carbocycles. The van der Waals surface area contributed by atoms with Gasteiger partial charge in [0.2, 0.25) is 0 Å². The first-order chi connectivity index (χ1) is 11.2. The minimum absolute atomic E-state index is 0.00296. The van der Waals surface area contributed by atoms with E-state index < -0.39 is 5.97 Å². The molecule has 0 aliphatic heterocycles. The number of unbranched alkanes of at least 4 members (excludes halogenated alkanes) is 1. The Kier molecular flexibility index (Phi) is 8.86. The highest BCUT2D eigenvalue weighted by Crippen LogP contribution is 2.18. The third kappa shape index (κ3) is 6.33. The highest BCUT2D eigenvalue weighted by atomic mass is 35.5. The Morgan fingerprint density at radius 3 is 2.52 bits per heavy atom. The van der Waals surface area contributed by atoms with Gasteiger partial charge in [-0.3, -0.25) is 0 Å². The number of alkyl halides is 1. The lowest BCUT2D eigenvalue weighted by atomic mass is 10.1. The van der Waals surface area contributed by atoms with E-state index in [2.05, 4.69) is 11.8 Å². The number of hydrogen-bond donors (Lipinski definition) is 0. The fraction of sp³-hybridized carbons (Fsp3) is 0.444. The summed E-state index contributed by atoms with van der Waals surface area (Å²) in [6.07, 6.45) is 3.78. The van der Waals surface area contributed by atoms with E-state index in [1.165, 1.54) is 0 Å². The van der Waals surface area contributed by atoms with Crippen LogP contribution in [0.15, 0.2) is 29.8 Å². The lowest BCUT2D eigenvalue weighted by molar-refractivity contribution is -0.137. The van der Waals surface area contributed by atoms with Gasteiger partial charge in [-0.15, -0.1) is 11.6 Å². The average molecular weight is 335 g/mol. The topological polar surface area (TPSA) is 53.3 Å². The summed E-state index contributed by atoms with van der Waals surface area (Å²) in [6.45, 7) is 5.88. The second-order valence-corrected chi connectivity index (χ2v) is 5.39. The Labute approximate surface area is 143 Å². The summed E-state index contributed by atoms with van der Waals surface area (Å²) >= 11 is 5.87. The van der Waals surface area contributed by atoms with Gasteiger partial charge in [0.15, 0.2) is 0 Å². The number of rotatable bonds is 9. The van der Waals surface area contributed by atoms with Gasteiger partial charge < -0.3 is 9.64 Å². The molecule has 4 nitrogen and oxygen atoms in total. The molecule has 1 aromatic rings. The minimum Gasteiger partial charge on any atom is -0.462 e. The van der Waals surface area contributed by atoms with Gasteiger partial charge in [0.1, 0.15) is 11.6 Å². The maximum Gasteiger partial charge on any atom is 0.348 e. The highest BCUT2D eigenvalue weighted by Gasteiger charge is 2.10. The molecule has 0 fully saturated rings. The number of benzene rings is 1. The third-order valence-electron chi connectivity index (χ3n) is 3.32. The molecule has 0 heterocycles. The number of hydrogen-bond acceptors (Lipinski definition) is 4. The zero-order valence-electron chi connectivity index (χ0n) is 13.7. The van der Waals surface area contributed by atoms with E-state index in [4.69, 9.17) is 21.6 Å². The molecule has 0 atom stereocenters. The van der Waals surface area contributed by atoms with Crippen molar-refractivity contribution in [3.8, 4) is 6.07 Å². The molecule has 0 spiro atoms. The van der Waals surface area contributed by atoms with Crippen LogP contribution in [0.25, 0.3) is 6.08 Å². The lowest BCUT2D eigenvalue weighted by Gasteiger charge is -2.23. The number of halogens is 1. The van der Waals surface area contributed by atoms with Crippen LogP contribution in [0.2, 0.25) is 0 Å². The molecule has 0 aliphatic rings. The van der Waals surface area contributed by atoms with E-state index in [-0.39, 0.29) is 12.2 Å². The first-order valence-electron chi connectivity index (χ1n) is 7.86. The van der Waals surface area contributed by atoms with Crippen molar-refractivity contribution in [2.24, 2.45) is 0 Å². The highest BCUT2D eigenvalue weighted by molar-refractivity contribution is 6.18. The van der Waals surface area contributed by atoms with Crippen molar-refractivity contribution >= 4 is 29.3 Å². The predicted molar refractivity (Wildman–Crippen MR) is 94.5 cm³/mol. The summed E-state index contributed by atoms with van der Waals surface area (Å²) in [7, 11) is 0. The minimum atomic E-state index is -0.592. The number of nitriles is 1. The van der Waals surface area contributed by atoms with Crippen molar-refractivity contribution in [2.75, 3.05) is 30.5 Å². The molecule has 1 rings (SSSR count). The molecule has 5 heteroatoms. The summed E-state index contributed by atoms with van der Waals surface area (Å²) in [5.74, 6) is -0.0157. The van der Waals surface area contributed by atoms with Crippen molar-refractivity contribution in [1.82, 2.24) is 0 Å². The summed E-state index contributed by atoms with van der Waals surface area (Å²) in [4.78, 5) is 13.9. The van der Waals surface area contributed by atoms with Gasteiger partial charge in [-0.1, -0.05) is 25.5 Å². The number of carbonyl (C=O) groups is 1. The Hall–Kier alpha value is -1.99. The van der Waals surface area contributed by atoms with Gasteiger partial charge in [-0.2, -0.15) is 5.26 Å². The van der Waals surface area contributed by atoms with Crippen molar-refractivity contribution in [3.63, 3.8) is 0 Å². The van der Waals surface area contributed by atoms with E-state index in [1.54, 1.807) is 13.0 Å². The molecule has 0 amide bonds. The normalized spacial score (nSPS) is 11.0. The van der Waals surface area contributed by atoms with Crippen LogP contribution in [-0.4, -0.2) is 31.5 Å². The standard InChI is InChI=1S/C18H23ClN2O2/c1-3-5-11-21(12-10-19)17-8-6-15(7-9-17)13-16(14-20)18(22)23-4-2/h6-9,13H,3-5,10-12H2,1-2H3/b16-13-. The molecular formula is C18H23ClN2O2. The molecule has 0 aromatic heterocycles. The van der Waals surface area contributed by atoms with Crippen LogP contribution in [0, 0.1) is 11.3 Å². The van der Waals surface area contributed by atoms with E-state index >= 15 is 0 Å². The Morgan fingerprint density at radius 2 is 2.00 bits per heavy atom. The second-order valence-electron chi connectivity index (χ2n) is 5.01. The molecule has 0 unspecified atom stereocenters. The first kappa shape index (κ1) is 19.1. The Bertz CT molecular complexity index is 561. The van der Waals surface area contributed by atoms with Crippen molar-refractivity contribution in [3.05, 3.63) is 35.4 Å². The van der Waals surface area contributed by atoms with Crippen LogP contribution in [0.5, 0.6) is 0 Å². The van der Waals surface area contributed by atoms with E-state index in [0.717, 1.165) is 37.2 Å². The molecule has 23 heavy (non-hydrogen) atoms. The van der Waals surface area contributed by atoms with Gasteiger partial charge in [0.05, 0.1) is 6.61 Å². The smallest absolute Gasteiger partial charge is 0.348 e. The number of esters is 1. The van der Waals surface area contributed by atoms with Gasteiger partial charge in [0, 0.05) is 24.7 Å². The summed E-state index contributed by atoms with van der Waals surface area (Å²) in [5.41, 5.74) is 1.88. The maximum absolute atomic E-state index is 11.6. The second kappa shape index (κ2) is 10.7. The molecule has 0 saturated heterocycles. The number of carbonyl (C=O) groups excluding carboxylic acids is 1. The molecule has 0 N–H and O–H groups in total. The molecule has 124 valence electrons. The Balaban J connectivity index is 2.89. The van der Waals surface area contributed by atoms with Crippen LogP contribution in [0.4, 0.5) is 5.69 Å².